The third-order valence-corrected chi connectivity index (χ3v) is 5.52. The number of anilines is 2. The van der Waals surface area contributed by atoms with Crippen molar-refractivity contribution in [2.45, 2.75) is 40.2 Å². The molecule has 0 fully saturated rings. The monoisotopic (exact) mass is 394 g/mol. The van der Waals surface area contributed by atoms with Gasteiger partial charge in [-0.25, -0.2) is 0 Å². The number of nitrogens with zero attached hydrogens (tertiary/aromatic N) is 3. The average Bonchev–Trinajstić information content (AvgIpc) is 2.78. The van der Waals surface area contributed by atoms with Crippen molar-refractivity contribution < 1.29 is 9.59 Å². The van der Waals surface area contributed by atoms with Crippen LogP contribution in [-0.2, 0) is 22.6 Å². The van der Waals surface area contributed by atoms with Gasteiger partial charge < -0.3 is 15.1 Å². The number of rotatable bonds is 7. The fraction of sp³-hybridized carbons (Fsp3) is 0.435. The minimum absolute atomic E-state index is 0.149. The maximum atomic E-state index is 12.9. The summed E-state index contributed by atoms with van der Waals surface area (Å²) < 4.78 is 0. The zero-order valence-corrected chi connectivity index (χ0v) is 17.7. The van der Waals surface area contributed by atoms with Gasteiger partial charge in [-0.3, -0.25) is 14.6 Å². The quantitative estimate of drug-likeness (QED) is 0.579. The molecule has 0 saturated heterocycles. The van der Waals surface area contributed by atoms with Crippen molar-refractivity contribution in [2.75, 3.05) is 29.9 Å². The standard InChI is InChI=1S/C23H30N4O2/c1-5-27-19-9-8-17(7-6-12-25-16-18-10-13-24-14-11-18)15-20(19)26(4)21(28)23(2,3)22(27)29/h8-11,13-15,25H,5-7,12,16H2,1-4H3. The van der Waals surface area contributed by atoms with Gasteiger partial charge in [-0.15, -0.1) is 0 Å². The van der Waals surface area contributed by atoms with E-state index in [0.29, 0.717) is 6.54 Å². The van der Waals surface area contributed by atoms with Crippen LogP contribution in [0.3, 0.4) is 0 Å². The predicted molar refractivity (Wildman–Crippen MR) is 116 cm³/mol. The first kappa shape index (κ1) is 21.0. The number of amides is 2. The second-order valence-electron chi connectivity index (χ2n) is 8.00. The highest BCUT2D eigenvalue weighted by Gasteiger charge is 2.45. The predicted octanol–water partition coefficient (Wildman–Crippen LogP) is 3.16. The number of benzene rings is 1. The van der Waals surface area contributed by atoms with Crippen LogP contribution in [0, 0.1) is 5.41 Å². The van der Waals surface area contributed by atoms with Gasteiger partial charge in [0.05, 0.1) is 11.4 Å². The van der Waals surface area contributed by atoms with Gasteiger partial charge in [0.15, 0.2) is 0 Å². The Bertz CT molecular complexity index is 880. The van der Waals surface area contributed by atoms with E-state index in [9.17, 15) is 9.59 Å². The zero-order chi connectivity index (χ0) is 21.0. The number of hydrogen-bond donors (Lipinski definition) is 1. The summed E-state index contributed by atoms with van der Waals surface area (Å²) in [4.78, 5) is 33.2. The zero-order valence-electron chi connectivity index (χ0n) is 17.7. The van der Waals surface area contributed by atoms with Gasteiger partial charge in [0.2, 0.25) is 11.8 Å². The van der Waals surface area contributed by atoms with Gasteiger partial charge in [-0.2, -0.15) is 0 Å². The lowest BCUT2D eigenvalue weighted by atomic mass is 9.90. The average molecular weight is 395 g/mol. The Hall–Kier alpha value is -2.73. The number of carbonyl (C=O) groups excluding carboxylic acids is 2. The van der Waals surface area contributed by atoms with E-state index in [1.807, 2.05) is 31.2 Å². The molecule has 29 heavy (non-hydrogen) atoms. The van der Waals surface area contributed by atoms with Gasteiger partial charge >= 0.3 is 0 Å². The molecule has 1 aliphatic rings. The molecule has 0 bridgehead atoms. The maximum absolute atomic E-state index is 12.9. The van der Waals surface area contributed by atoms with Crippen molar-refractivity contribution in [1.29, 1.82) is 0 Å². The minimum atomic E-state index is -1.07. The molecule has 0 spiro atoms. The SMILES string of the molecule is CCN1C(=O)C(C)(C)C(=O)N(C)c2cc(CCCNCc3ccncc3)ccc21. The molecule has 154 valence electrons. The molecule has 6 heteroatoms. The third-order valence-electron chi connectivity index (χ3n) is 5.52. The maximum Gasteiger partial charge on any atom is 0.242 e. The first-order chi connectivity index (χ1) is 13.9. The second-order valence-corrected chi connectivity index (χ2v) is 8.00. The van der Waals surface area contributed by atoms with E-state index in [0.717, 1.165) is 42.9 Å². The summed E-state index contributed by atoms with van der Waals surface area (Å²) in [5, 5.41) is 3.45. The number of pyridine rings is 1. The Morgan fingerprint density at radius 1 is 1.00 bits per heavy atom. The molecule has 3 rings (SSSR count). The third kappa shape index (κ3) is 4.32. The summed E-state index contributed by atoms with van der Waals surface area (Å²) >= 11 is 0. The largest absolute Gasteiger partial charge is 0.313 e. The van der Waals surface area contributed by atoms with Crippen molar-refractivity contribution in [3.63, 3.8) is 0 Å². The van der Waals surface area contributed by atoms with Gasteiger partial charge in [0.25, 0.3) is 0 Å². The van der Waals surface area contributed by atoms with E-state index in [1.54, 1.807) is 43.1 Å². The molecule has 1 aromatic heterocycles. The van der Waals surface area contributed by atoms with E-state index in [4.69, 9.17) is 0 Å². The summed E-state index contributed by atoms with van der Waals surface area (Å²) in [5.41, 5.74) is 2.92. The molecule has 2 aromatic rings. The molecular weight excluding hydrogens is 364 g/mol. The molecule has 0 atom stereocenters. The molecule has 6 nitrogen and oxygen atoms in total. The van der Waals surface area contributed by atoms with Crippen molar-refractivity contribution in [3.05, 3.63) is 53.9 Å². The van der Waals surface area contributed by atoms with Gasteiger partial charge in [-0.1, -0.05) is 6.07 Å². The topological polar surface area (TPSA) is 65.5 Å². The normalized spacial score (nSPS) is 16.0. The Balaban J connectivity index is 1.69. The van der Waals surface area contributed by atoms with Gasteiger partial charge in [0.1, 0.15) is 5.41 Å². The van der Waals surface area contributed by atoms with E-state index in [2.05, 4.69) is 16.4 Å². The van der Waals surface area contributed by atoms with Gasteiger partial charge in [0, 0.05) is 32.5 Å². The Morgan fingerprint density at radius 3 is 2.41 bits per heavy atom. The van der Waals surface area contributed by atoms with Crippen molar-refractivity contribution in [2.24, 2.45) is 5.41 Å². The Kier molecular flexibility index (Phi) is 6.33. The van der Waals surface area contributed by atoms with Crippen molar-refractivity contribution in [1.82, 2.24) is 10.3 Å². The minimum Gasteiger partial charge on any atom is -0.313 e. The van der Waals surface area contributed by atoms with Gasteiger partial charge in [-0.05, 0) is 75.5 Å². The van der Waals surface area contributed by atoms with E-state index < -0.39 is 5.41 Å². The van der Waals surface area contributed by atoms with E-state index >= 15 is 0 Å². The Morgan fingerprint density at radius 2 is 1.72 bits per heavy atom. The summed E-state index contributed by atoms with van der Waals surface area (Å²) in [6, 6.07) is 10.1. The lowest BCUT2D eigenvalue weighted by Crippen LogP contribution is -2.47. The molecule has 0 unspecified atom stereocenters. The highest BCUT2D eigenvalue weighted by atomic mass is 16.2. The van der Waals surface area contributed by atoms with Crippen molar-refractivity contribution >= 4 is 23.2 Å². The van der Waals surface area contributed by atoms with Crippen LogP contribution in [0.15, 0.2) is 42.7 Å². The molecular formula is C23H30N4O2. The molecule has 0 saturated carbocycles. The summed E-state index contributed by atoms with van der Waals surface area (Å²) in [5.74, 6) is -0.320. The molecule has 1 aromatic carbocycles. The summed E-state index contributed by atoms with van der Waals surface area (Å²) in [6.45, 7) is 7.62. The molecule has 2 heterocycles. The number of nitrogens with one attached hydrogen (secondary N) is 1. The van der Waals surface area contributed by atoms with Crippen LogP contribution in [0.25, 0.3) is 0 Å². The van der Waals surface area contributed by atoms with E-state index in [-0.39, 0.29) is 11.8 Å². The van der Waals surface area contributed by atoms with Crippen LogP contribution in [0.2, 0.25) is 0 Å². The summed E-state index contributed by atoms with van der Waals surface area (Å²) in [7, 11) is 1.76. The Labute approximate surface area is 172 Å². The molecule has 1 N–H and O–H groups in total. The van der Waals surface area contributed by atoms with Crippen molar-refractivity contribution in [3.8, 4) is 0 Å². The first-order valence-corrected chi connectivity index (χ1v) is 10.2. The number of hydrogen-bond acceptors (Lipinski definition) is 4. The summed E-state index contributed by atoms with van der Waals surface area (Å²) in [6.07, 6.45) is 5.50. The smallest absolute Gasteiger partial charge is 0.242 e. The fourth-order valence-electron chi connectivity index (χ4n) is 3.75. The highest BCUT2D eigenvalue weighted by Crippen LogP contribution is 2.38. The number of carbonyl (C=O) groups is 2. The van der Waals surface area contributed by atoms with Crippen LogP contribution < -0.4 is 15.1 Å². The van der Waals surface area contributed by atoms with Crippen LogP contribution >= 0.6 is 0 Å². The first-order valence-electron chi connectivity index (χ1n) is 10.2. The number of aromatic nitrogens is 1. The molecule has 2 amide bonds. The number of fused-ring (bicyclic) bond motifs is 1. The van der Waals surface area contributed by atoms with Crippen LogP contribution in [0.5, 0.6) is 0 Å². The van der Waals surface area contributed by atoms with Crippen LogP contribution in [0.1, 0.15) is 38.3 Å². The highest BCUT2D eigenvalue weighted by molar-refractivity contribution is 6.19. The lowest BCUT2D eigenvalue weighted by Gasteiger charge is -2.27. The van der Waals surface area contributed by atoms with Crippen LogP contribution in [0.4, 0.5) is 11.4 Å². The lowest BCUT2D eigenvalue weighted by molar-refractivity contribution is -0.137. The molecule has 0 radical (unpaired) electrons. The second kappa shape index (κ2) is 8.74. The fourth-order valence-corrected chi connectivity index (χ4v) is 3.75. The van der Waals surface area contributed by atoms with Crippen LogP contribution in [-0.4, -0.2) is 36.9 Å². The molecule has 0 aliphatic carbocycles. The molecule has 1 aliphatic heterocycles. The number of aryl methyl sites for hydroxylation is 1. The van der Waals surface area contributed by atoms with E-state index in [1.165, 1.54) is 5.56 Å².